The molecule has 19 heavy (non-hydrogen) atoms. The molecular weight excluding hydrogens is 244 g/mol. The van der Waals surface area contributed by atoms with Crippen molar-refractivity contribution < 1.29 is 14.6 Å². The van der Waals surface area contributed by atoms with Gasteiger partial charge in [-0.15, -0.1) is 0 Å². The molecule has 1 aromatic rings. The van der Waals surface area contributed by atoms with E-state index in [1.165, 1.54) is 6.92 Å². The second kappa shape index (κ2) is 8.63. The second-order valence-electron chi connectivity index (χ2n) is 4.45. The minimum Gasteiger partial charge on any atom is -0.391 e. The summed E-state index contributed by atoms with van der Waals surface area (Å²) in [6, 6.07) is 7.67. The van der Waals surface area contributed by atoms with Crippen LogP contribution >= 0.6 is 0 Å². The van der Waals surface area contributed by atoms with Gasteiger partial charge in [-0.1, -0.05) is 12.1 Å². The first-order valence-corrected chi connectivity index (χ1v) is 6.36. The van der Waals surface area contributed by atoms with Gasteiger partial charge in [0, 0.05) is 26.3 Å². The summed E-state index contributed by atoms with van der Waals surface area (Å²) in [6.07, 6.45) is 0.248. The predicted molar refractivity (Wildman–Crippen MR) is 75.0 cm³/mol. The molecule has 0 heterocycles. The van der Waals surface area contributed by atoms with Gasteiger partial charge in [-0.05, 0) is 30.7 Å². The van der Waals surface area contributed by atoms with Gasteiger partial charge in [0.05, 0.1) is 12.7 Å². The Hall–Kier alpha value is -1.43. The first-order valence-electron chi connectivity index (χ1n) is 6.36. The lowest BCUT2D eigenvalue weighted by Crippen LogP contribution is -2.23. The van der Waals surface area contributed by atoms with Gasteiger partial charge in [-0.3, -0.25) is 4.79 Å². The third-order valence-electron chi connectivity index (χ3n) is 2.62. The standard InChI is InChI=1S/C14H22N2O3/c1-11(17)16-13-5-3-12(4-6-13)9-15-8-7-14(18)10-19-2/h3-6,14-15,18H,7-10H2,1-2H3,(H,16,17). The van der Waals surface area contributed by atoms with Crippen LogP contribution in [0.2, 0.25) is 0 Å². The van der Waals surface area contributed by atoms with Crippen molar-refractivity contribution in [2.45, 2.75) is 26.0 Å². The van der Waals surface area contributed by atoms with Gasteiger partial charge < -0.3 is 20.5 Å². The van der Waals surface area contributed by atoms with E-state index < -0.39 is 6.10 Å². The Labute approximate surface area is 114 Å². The van der Waals surface area contributed by atoms with Gasteiger partial charge in [0.25, 0.3) is 0 Å². The molecule has 5 nitrogen and oxygen atoms in total. The van der Waals surface area contributed by atoms with Crippen LogP contribution in [0.3, 0.4) is 0 Å². The number of carbonyl (C=O) groups is 1. The Morgan fingerprint density at radius 2 is 2.05 bits per heavy atom. The van der Waals surface area contributed by atoms with Gasteiger partial charge in [0.15, 0.2) is 0 Å². The molecule has 0 aliphatic rings. The van der Waals surface area contributed by atoms with E-state index in [1.807, 2.05) is 24.3 Å². The van der Waals surface area contributed by atoms with E-state index in [2.05, 4.69) is 10.6 Å². The number of hydrogen-bond donors (Lipinski definition) is 3. The van der Waals surface area contributed by atoms with Crippen LogP contribution in [-0.2, 0) is 16.1 Å². The molecule has 0 aromatic heterocycles. The number of amides is 1. The lowest BCUT2D eigenvalue weighted by atomic mass is 10.2. The fourth-order valence-electron chi connectivity index (χ4n) is 1.69. The molecule has 0 radical (unpaired) electrons. The third kappa shape index (κ3) is 6.91. The van der Waals surface area contributed by atoms with Crippen molar-refractivity contribution in [1.29, 1.82) is 0 Å². The molecule has 1 amide bonds. The minimum absolute atomic E-state index is 0.0713. The lowest BCUT2D eigenvalue weighted by molar-refractivity contribution is -0.114. The largest absolute Gasteiger partial charge is 0.391 e. The minimum atomic E-state index is -0.417. The third-order valence-corrected chi connectivity index (χ3v) is 2.62. The van der Waals surface area contributed by atoms with E-state index in [4.69, 9.17) is 4.74 Å². The van der Waals surface area contributed by atoms with Crippen LogP contribution in [0.4, 0.5) is 5.69 Å². The van der Waals surface area contributed by atoms with Crippen LogP contribution in [-0.4, -0.2) is 37.4 Å². The topological polar surface area (TPSA) is 70.6 Å². The van der Waals surface area contributed by atoms with Gasteiger partial charge in [0.1, 0.15) is 0 Å². The average Bonchev–Trinajstić information content (AvgIpc) is 2.36. The van der Waals surface area contributed by atoms with Crippen molar-refractivity contribution in [1.82, 2.24) is 5.32 Å². The zero-order valence-corrected chi connectivity index (χ0v) is 11.5. The number of benzene rings is 1. The molecule has 1 rings (SSSR count). The fraction of sp³-hybridized carbons (Fsp3) is 0.500. The smallest absolute Gasteiger partial charge is 0.221 e. The van der Waals surface area contributed by atoms with Crippen LogP contribution in [0.15, 0.2) is 24.3 Å². The van der Waals surface area contributed by atoms with Crippen LogP contribution in [0.25, 0.3) is 0 Å². The molecule has 0 fully saturated rings. The molecule has 0 bridgehead atoms. The maximum absolute atomic E-state index is 10.9. The summed E-state index contributed by atoms with van der Waals surface area (Å²) < 4.78 is 4.85. The van der Waals surface area contributed by atoms with E-state index >= 15 is 0 Å². The van der Waals surface area contributed by atoms with Crippen molar-refractivity contribution >= 4 is 11.6 Å². The molecule has 0 aliphatic carbocycles. The van der Waals surface area contributed by atoms with Gasteiger partial charge in [-0.25, -0.2) is 0 Å². The number of ether oxygens (including phenoxy) is 1. The predicted octanol–water partition coefficient (Wildman–Crippen LogP) is 1.13. The molecular formula is C14H22N2O3. The Kier molecular flexibility index (Phi) is 7.10. The van der Waals surface area contributed by atoms with Crippen molar-refractivity contribution in [2.75, 3.05) is 25.6 Å². The monoisotopic (exact) mass is 266 g/mol. The van der Waals surface area contributed by atoms with E-state index in [0.29, 0.717) is 13.0 Å². The molecule has 3 N–H and O–H groups in total. The molecule has 0 aliphatic heterocycles. The normalized spacial score (nSPS) is 12.2. The number of hydrogen-bond acceptors (Lipinski definition) is 4. The van der Waals surface area contributed by atoms with E-state index in [9.17, 15) is 9.90 Å². The van der Waals surface area contributed by atoms with Crippen molar-refractivity contribution in [2.24, 2.45) is 0 Å². The molecule has 106 valence electrons. The molecule has 1 aromatic carbocycles. The van der Waals surface area contributed by atoms with E-state index in [1.54, 1.807) is 7.11 Å². The SMILES string of the molecule is COCC(O)CCNCc1ccc(NC(C)=O)cc1. The molecule has 0 saturated heterocycles. The second-order valence-corrected chi connectivity index (χ2v) is 4.45. The van der Waals surface area contributed by atoms with Gasteiger partial charge in [-0.2, -0.15) is 0 Å². The summed E-state index contributed by atoms with van der Waals surface area (Å²) in [4.78, 5) is 10.9. The first-order chi connectivity index (χ1) is 9.11. The zero-order valence-electron chi connectivity index (χ0n) is 11.5. The zero-order chi connectivity index (χ0) is 14.1. The highest BCUT2D eigenvalue weighted by Crippen LogP contribution is 2.09. The van der Waals surface area contributed by atoms with Gasteiger partial charge in [0.2, 0.25) is 5.91 Å². The van der Waals surface area contributed by atoms with E-state index in [0.717, 1.165) is 24.3 Å². The van der Waals surface area contributed by atoms with Crippen molar-refractivity contribution in [3.8, 4) is 0 Å². The number of methoxy groups -OCH3 is 1. The molecule has 0 saturated carbocycles. The summed E-state index contributed by atoms with van der Waals surface area (Å²) >= 11 is 0. The van der Waals surface area contributed by atoms with Crippen LogP contribution in [0, 0.1) is 0 Å². The Bertz CT molecular complexity index is 379. The maximum Gasteiger partial charge on any atom is 0.221 e. The number of carbonyl (C=O) groups excluding carboxylic acids is 1. The Morgan fingerprint density at radius 1 is 1.37 bits per heavy atom. The summed E-state index contributed by atoms with van der Waals surface area (Å²) in [5.74, 6) is -0.0713. The summed E-state index contributed by atoms with van der Waals surface area (Å²) in [7, 11) is 1.58. The summed E-state index contributed by atoms with van der Waals surface area (Å²) in [5, 5.41) is 15.4. The molecule has 5 heteroatoms. The maximum atomic E-state index is 10.9. The number of aliphatic hydroxyl groups excluding tert-OH is 1. The molecule has 1 unspecified atom stereocenters. The van der Waals surface area contributed by atoms with Gasteiger partial charge >= 0.3 is 0 Å². The van der Waals surface area contributed by atoms with Crippen LogP contribution in [0.5, 0.6) is 0 Å². The summed E-state index contributed by atoms with van der Waals surface area (Å²) in [5.41, 5.74) is 1.93. The Balaban J connectivity index is 2.24. The Morgan fingerprint density at radius 3 is 2.63 bits per heavy atom. The van der Waals surface area contributed by atoms with Crippen molar-refractivity contribution in [3.05, 3.63) is 29.8 Å². The molecule has 1 atom stereocenters. The number of aliphatic hydroxyl groups is 1. The van der Waals surface area contributed by atoms with E-state index in [-0.39, 0.29) is 5.91 Å². The highest BCUT2D eigenvalue weighted by molar-refractivity contribution is 5.88. The number of anilines is 1. The highest BCUT2D eigenvalue weighted by Gasteiger charge is 2.02. The first kappa shape index (κ1) is 15.6. The van der Waals surface area contributed by atoms with Crippen LogP contribution < -0.4 is 10.6 Å². The fourth-order valence-corrected chi connectivity index (χ4v) is 1.69. The lowest BCUT2D eigenvalue weighted by Gasteiger charge is -2.10. The summed E-state index contributed by atoms with van der Waals surface area (Å²) in [6.45, 7) is 3.33. The number of nitrogens with one attached hydrogen (secondary N) is 2. The highest BCUT2D eigenvalue weighted by atomic mass is 16.5. The van der Waals surface area contributed by atoms with Crippen molar-refractivity contribution in [3.63, 3.8) is 0 Å². The molecule has 0 spiro atoms. The quantitative estimate of drug-likeness (QED) is 0.617. The average molecular weight is 266 g/mol. The van der Waals surface area contributed by atoms with Crippen LogP contribution in [0.1, 0.15) is 18.9 Å². The number of rotatable bonds is 8.